The van der Waals surface area contributed by atoms with Crippen LogP contribution in [0.15, 0.2) is 30.3 Å². The van der Waals surface area contributed by atoms with Gasteiger partial charge in [-0.2, -0.15) is 0 Å². The zero-order chi connectivity index (χ0) is 26.9. The van der Waals surface area contributed by atoms with Gasteiger partial charge in [0.1, 0.15) is 17.9 Å². The van der Waals surface area contributed by atoms with E-state index in [1.54, 1.807) is 20.8 Å². The second kappa shape index (κ2) is 13.2. The van der Waals surface area contributed by atoms with Gasteiger partial charge in [0.25, 0.3) is 0 Å². The molecule has 5 N–H and O–H groups in total. The Morgan fingerprint density at radius 1 is 1.06 bits per heavy atom. The average molecular weight is 515 g/mol. The van der Waals surface area contributed by atoms with Crippen LogP contribution in [-0.2, 0) is 11.2 Å². The number of nitrogens with one attached hydrogen (secondary N) is 3. The molecule has 3 rings (SSSR count). The number of nitrogens with zero attached hydrogens (tertiary/aromatic N) is 1. The van der Waals surface area contributed by atoms with Gasteiger partial charge in [-0.25, -0.2) is 23.2 Å². The van der Waals surface area contributed by atoms with Gasteiger partial charge in [0.2, 0.25) is 0 Å². The van der Waals surface area contributed by atoms with Crippen LogP contribution in [0, 0.1) is 0 Å². The van der Waals surface area contributed by atoms with E-state index in [-0.39, 0.29) is 25.4 Å². The summed E-state index contributed by atoms with van der Waals surface area (Å²) in [6.45, 7) is 5.85. The third kappa shape index (κ3) is 10.2. The van der Waals surface area contributed by atoms with Gasteiger partial charge in [-0.15, -0.1) is 0 Å². The molecule has 36 heavy (non-hydrogen) atoms. The molecule has 0 aromatic heterocycles. The zero-order valence-corrected chi connectivity index (χ0v) is 20.7. The highest BCUT2D eigenvalue weighted by Gasteiger charge is 2.40. The Kier molecular flexibility index (Phi) is 10.7. The normalized spacial score (nSPS) is 26.1. The summed E-state index contributed by atoms with van der Waals surface area (Å²) < 4.78 is 31.9. The first kappa shape index (κ1) is 29.1. The molecule has 2 saturated heterocycles. The molecule has 0 spiro atoms. The molecule has 0 bridgehead atoms. The molecule has 0 aliphatic carbocycles. The van der Waals surface area contributed by atoms with Crippen molar-refractivity contribution in [3.8, 4) is 0 Å². The van der Waals surface area contributed by atoms with Crippen LogP contribution in [-0.4, -0.2) is 89.1 Å². The van der Waals surface area contributed by atoms with Crippen molar-refractivity contribution in [1.29, 1.82) is 0 Å². The van der Waals surface area contributed by atoms with Crippen LogP contribution >= 0.6 is 0 Å². The second-order valence-electron chi connectivity index (χ2n) is 9.92. The number of benzene rings is 1. The van der Waals surface area contributed by atoms with Gasteiger partial charge in [0, 0.05) is 32.0 Å². The lowest BCUT2D eigenvalue weighted by Gasteiger charge is -2.41. The molecule has 3 amide bonds. The highest BCUT2D eigenvalue weighted by atomic mass is 19.1. The summed E-state index contributed by atoms with van der Waals surface area (Å²) in [5.41, 5.74) is 0.238. The summed E-state index contributed by atoms with van der Waals surface area (Å²) in [6.07, 6.45) is -4.50. The Morgan fingerprint density at radius 2 is 1.72 bits per heavy atom. The first-order valence-corrected chi connectivity index (χ1v) is 11.9. The number of amides is 3. The van der Waals surface area contributed by atoms with Gasteiger partial charge in [-0.3, -0.25) is 0 Å². The maximum Gasteiger partial charge on any atom is 0.407 e. The summed E-state index contributed by atoms with van der Waals surface area (Å²) >= 11 is 0. The number of ether oxygens (including phenoxy) is 1. The Morgan fingerprint density at radius 3 is 2.28 bits per heavy atom. The van der Waals surface area contributed by atoms with Gasteiger partial charge in [0.15, 0.2) is 0 Å². The zero-order valence-electron chi connectivity index (χ0n) is 20.7. The van der Waals surface area contributed by atoms with Crippen LogP contribution in [0.1, 0.15) is 39.2 Å². The maximum absolute atomic E-state index is 14.0. The third-order valence-electron chi connectivity index (χ3n) is 5.63. The Labute approximate surface area is 209 Å². The van der Waals surface area contributed by atoms with E-state index < -0.39 is 48.3 Å². The summed E-state index contributed by atoms with van der Waals surface area (Å²) in [7, 11) is 0. The molecular formula is C24H36F2N4O6. The van der Waals surface area contributed by atoms with E-state index >= 15 is 0 Å². The van der Waals surface area contributed by atoms with E-state index in [1.807, 2.05) is 30.3 Å². The SMILES string of the molecule is CC(C)(C)OC(=O)N[C@H]1C[C@@H](F)CN(C(=O)O)C1Cc1ccccc1.O=C(O)N[C@@H]1CNC[C@H](F)C1. The largest absolute Gasteiger partial charge is 0.465 e. The Balaban J connectivity index is 0.000000346. The van der Waals surface area contributed by atoms with Crippen molar-refractivity contribution in [1.82, 2.24) is 20.9 Å². The van der Waals surface area contributed by atoms with E-state index in [4.69, 9.17) is 9.84 Å². The standard InChI is InChI=1S/C18H25FN2O4.C6H11FN2O2/c1-18(2,3)25-16(22)20-14-10-13(19)11-21(17(23)24)15(14)9-12-7-5-4-6-8-12;7-4-1-5(3-8-2-4)9-6(10)11/h4-8,13-15H,9-11H2,1-3H3,(H,20,22)(H,23,24);4-5,8-9H,1-3H2,(H,10,11)/t13-,14+,15?;4-,5+/m11/s1. The maximum atomic E-state index is 14.0. The fourth-order valence-electron chi connectivity index (χ4n) is 4.19. The molecule has 2 aliphatic rings. The van der Waals surface area contributed by atoms with Crippen molar-refractivity contribution in [2.45, 2.75) is 76.1 Å². The van der Waals surface area contributed by atoms with Crippen molar-refractivity contribution >= 4 is 18.3 Å². The minimum atomic E-state index is -1.33. The number of alkyl halides is 2. The predicted octanol–water partition coefficient (Wildman–Crippen LogP) is 3.17. The molecule has 202 valence electrons. The minimum absolute atomic E-state index is 0.0561. The number of alkyl carbamates (subject to hydrolysis) is 1. The summed E-state index contributed by atoms with van der Waals surface area (Å²) in [4.78, 5) is 34.8. The first-order valence-electron chi connectivity index (χ1n) is 11.9. The number of piperidine rings is 2. The minimum Gasteiger partial charge on any atom is -0.465 e. The van der Waals surface area contributed by atoms with Crippen LogP contribution in [0.5, 0.6) is 0 Å². The Bertz CT molecular complexity index is 870. The molecule has 2 aliphatic heterocycles. The third-order valence-corrected chi connectivity index (χ3v) is 5.63. The fraction of sp³-hybridized carbons (Fsp3) is 0.625. The summed E-state index contributed by atoms with van der Waals surface area (Å²) in [5, 5.41) is 25.4. The molecule has 5 atom stereocenters. The predicted molar refractivity (Wildman–Crippen MR) is 129 cm³/mol. The van der Waals surface area contributed by atoms with Crippen molar-refractivity contribution in [2.75, 3.05) is 19.6 Å². The van der Waals surface area contributed by atoms with Crippen molar-refractivity contribution in [2.24, 2.45) is 0 Å². The van der Waals surface area contributed by atoms with E-state index in [1.165, 1.54) is 0 Å². The molecule has 1 aromatic carbocycles. The topological polar surface area (TPSA) is 140 Å². The number of likely N-dealkylation sites (tertiary alicyclic amines) is 1. The summed E-state index contributed by atoms with van der Waals surface area (Å²) in [5.74, 6) is 0. The van der Waals surface area contributed by atoms with Crippen LogP contribution in [0.2, 0.25) is 0 Å². The number of hydrogen-bond acceptors (Lipinski definition) is 5. The number of hydrogen-bond donors (Lipinski definition) is 5. The quantitative estimate of drug-likeness (QED) is 0.416. The van der Waals surface area contributed by atoms with Gasteiger partial charge in [-0.1, -0.05) is 30.3 Å². The lowest BCUT2D eigenvalue weighted by atomic mass is 9.90. The highest BCUT2D eigenvalue weighted by molar-refractivity contribution is 5.69. The second-order valence-corrected chi connectivity index (χ2v) is 9.92. The molecule has 10 nitrogen and oxygen atoms in total. The molecule has 0 saturated carbocycles. The number of carboxylic acid groups (broad SMARTS) is 2. The first-order chi connectivity index (χ1) is 16.8. The smallest absolute Gasteiger partial charge is 0.407 e. The number of carbonyl (C=O) groups excluding carboxylic acids is 1. The number of halogens is 2. The van der Waals surface area contributed by atoms with Crippen molar-refractivity contribution in [3.63, 3.8) is 0 Å². The molecule has 0 radical (unpaired) electrons. The summed E-state index contributed by atoms with van der Waals surface area (Å²) in [6, 6.07) is 7.85. The lowest BCUT2D eigenvalue weighted by molar-refractivity contribution is 0.0294. The molecule has 2 heterocycles. The number of carbonyl (C=O) groups is 3. The highest BCUT2D eigenvalue weighted by Crippen LogP contribution is 2.24. The van der Waals surface area contributed by atoms with Crippen LogP contribution in [0.3, 0.4) is 0 Å². The van der Waals surface area contributed by atoms with E-state index in [9.17, 15) is 28.3 Å². The van der Waals surface area contributed by atoms with E-state index in [0.29, 0.717) is 19.5 Å². The van der Waals surface area contributed by atoms with Gasteiger partial charge in [-0.05, 0) is 32.8 Å². The van der Waals surface area contributed by atoms with Crippen molar-refractivity contribution < 1.29 is 38.1 Å². The van der Waals surface area contributed by atoms with E-state index in [2.05, 4.69) is 16.0 Å². The molecule has 12 heteroatoms. The molecule has 1 aromatic rings. The van der Waals surface area contributed by atoms with Crippen LogP contribution < -0.4 is 16.0 Å². The molecular weight excluding hydrogens is 478 g/mol. The lowest BCUT2D eigenvalue weighted by Crippen LogP contribution is -2.61. The van der Waals surface area contributed by atoms with Gasteiger partial charge < -0.3 is 35.8 Å². The van der Waals surface area contributed by atoms with E-state index in [0.717, 1.165) is 10.5 Å². The van der Waals surface area contributed by atoms with Crippen LogP contribution in [0.4, 0.5) is 23.2 Å². The fourth-order valence-corrected chi connectivity index (χ4v) is 4.19. The van der Waals surface area contributed by atoms with Crippen LogP contribution in [0.25, 0.3) is 0 Å². The monoisotopic (exact) mass is 514 g/mol. The van der Waals surface area contributed by atoms with Gasteiger partial charge in [0.05, 0.1) is 18.6 Å². The average Bonchev–Trinajstić information content (AvgIpc) is 2.74. The van der Waals surface area contributed by atoms with Gasteiger partial charge >= 0.3 is 18.3 Å². The van der Waals surface area contributed by atoms with Crippen molar-refractivity contribution in [3.05, 3.63) is 35.9 Å². The Hall–Kier alpha value is -3.15. The number of rotatable bonds is 4. The molecule has 1 unspecified atom stereocenters. The molecule has 2 fully saturated rings.